The van der Waals surface area contributed by atoms with Crippen molar-refractivity contribution < 1.29 is 5.11 Å². The molecule has 0 fully saturated rings. The normalized spacial score (nSPS) is 12.7. The number of aliphatic hydroxyl groups is 1. The minimum absolute atomic E-state index is 0.259. The first-order chi connectivity index (χ1) is 7.21. The molecule has 1 aromatic carbocycles. The second-order valence-corrected chi connectivity index (χ2v) is 4.59. The average Bonchev–Trinajstić information content (AvgIpc) is 2.28. The van der Waals surface area contributed by atoms with Crippen LogP contribution >= 0.6 is 11.8 Å². The first kappa shape index (κ1) is 12.4. The van der Waals surface area contributed by atoms with Crippen LogP contribution < -0.4 is 5.73 Å². The molecule has 0 spiro atoms. The monoisotopic (exact) mass is 225 g/mol. The number of benzene rings is 1. The van der Waals surface area contributed by atoms with E-state index in [0.717, 1.165) is 23.4 Å². The Kier molecular flexibility index (Phi) is 4.99. The van der Waals surface area contributed by atoms with Crippen molar-refractivity contribution in [3.8, 4) is 0 Å². The Labute approximate surface area is 95.9 Å². The maximum Gasteiger partial charge on any atom is 0.0462 e. The van der Waals surface area contributed by atoms with E-state index in [4.69, 9.17) is 10.8 Å². The van der Waals surface area contributed by atoms with Gasteiger partial charge in [-0.3, -0.25) is 0 Å². The molecular formula is C12H19NOS. The molecule has 0 saturated carbocycles. The fourth-order valence-corrected chi connectivity index (χ4v) is 2.13. The van der Waals surface area contributed by atoms with Crippen LogP contribution in [0, 0.1) is 5.92 Å². The summed E-state index contributed by atoms with van der Waals surface area (Å²) in [6.45, 7) is 2.36. The van der Waals surface area contributed by atoms with Crippen LogP contribution in [-0.2, 0) is 6.42 Å². The lowest BCUT2D eigenvalue weighted by molar-refractivity contribution is 0.222. The Morgan fingerprint density at radius 1 is 1.47 bits per heavy atom. The lowest BCUT2D eigenvalue weighted by Gasteiger charge is -2.12. The molecule has 0 amide bonds. The van der Waals surface area contributed by atoms with Crippen molar-refractivity contribution >= 4 is 17.4 Å². The SMILES string of the molecule is CCC(CO)Cc1ccc(N)c(SC)c1. The van der Waals surface area contributed by atoms with Gasteiger partial charge in [0.05, 0.1) is 0 Å². The van der Waals surface area contributed by atoms with Gasteiger partial charge in [-0.05, 0) is 36.3 Å². The predicted octanol–water partition coefficient (Wildman–Crippen LogP) is 2.55. The maximum absolute atomic E-state index is 9.14. The molecule has 15 heavy (non-hydrogen) atoms. The van der Waals surface area contributed by atoms with E-state index in [1.54, 1.807) is 11.8 Å². The molecule has 3 heteroatoms. The highest BCUT2D eigenvalue weighted by Crippen LogP contribution is 2.25. The van der Waals surface area contributed by atoms with Gasteiger partial charge in [-0.2, -0.15) is 0 Å². The highest BCUT2D eigenvalue weighted by atomic mass is 32.2. The third-order valence-electron chi connectivity index (χ3n) is 2.66. The number of hydrogen-bond donors (Lipinski definition) is 2. The fourth-order valence-electron chi connectivity index (χ4n) is 1.55. The van der Waals surface area contributed by atoms with Gasteiger partial charge in [-0.1, -0.05) is 19.4 Å². The Morgan fingerprint density at radius 3 is 2.73 bits per heavy atom. The van der Waals surface area contributed by atoms with Crippen LogP contribution in [-0.4, -0.2) is 18.0 Å². The van der Waals surface area contributed by atoms with E-state index in [-0.39, 0.29) is 6.61 Å². The Morgan fingerprint density at radius 2 is 2.20 bits per heavy atom. The third kappa shape index (κ3) is 3.43. The zero-order valence-corrected chi connectivity index (χ0v) is 10.2. The first-order valence-electron chi connectivity index (χ1n) is 5.24. The van der Waals surface area contributed by atoms with Gasteiger partial charge in [-0.25, -0.2) is 0 Å². The van der Waals surface area contributed by atoms with Crippen molar-refractivity contribution in [2.45, 2.75) is 24.7 Å². The predicted molar refractivity (Wildman–Crippen MR) is 67.2 cm³/mol. The van der Waals surface area contributed by atoms with Gasteiger partial charge < -0.3 is 10.8 Å². The molecule has 0 aliphatic carbocycles. The summed E-state index contributed by atoms with van der Waals surface area (Å²) < 4.78 is 0. The summed E-state index contributed by atoms with van der Waals surface area (Å²) in [6.07, 6.45) is 3.97. The van der Waals surface area contributed by atoms with Gasteiger partial charge in [0.25, 0.3) is 0 Å². The van der Waals surface area contributed by atoms with Gasteiger partial charge >= 0.3 is 0 Å². The maximum atomic E-state index is 9.14. The third-order valence-corrected chi connectivity index (χ3v) is 3.45. The van der Waals surface area contributed by atoms with Crippen LogP contribution in [0.15, 0.2) is 23.1 Å². The number of rotatable bonds is 5. The fraction of sp³-hybridized carbons (Fsp3) is 0.500. The van der Waals surface area contributed by atoms with Crippen LogP contribution in [0.3, 0.4) is 0 Å². The van der Waals surface area contributed by atoms with Gasteiger partial charge in [0, 0.05) is 17.2 Å². The summed E-state index contributed by atoms with van der Waals surface area (Å²) in [4.78, 5) is 1.13. The lowest BCUT2D eigenvalue weighted by Crippen LogP contribution is -2.08. The van der Waals surface area contributed by atoms with Gasteiger partial charge in [0.1, 0.15) is 0 Å². The van der Waals surface area contributed by atoms with E-state index in [0.29, 0.717) is 5.92 Å². The summed E-state index contributed by atoms with van der Waals surface area (Å²) in [5.41, 5.74) is 7.92. The second kappa shape index (κ2) is 6.03. The molecule has 1 rings (SSSR count). The number of aliphatic hydroxyl groups excluding tert-OH is 1. The first-order valence-corrected chi connectivity index (χ1v) is 6.47. The largest absolute Gasteiger partial charge is 0.398 e. The van der Waals surface area contributed by atoms with Crippen LogP contribution in [0.2, 0.25) is 0 Å². The molecule has 0 bridgehead atoms. The molecule has 2 nitrogen and oxygen atoms in total. The van der Waals surface area contributed by atoms with Gasteiger partial charge in [0.2, 0.25) is 0 Å². The van der Waals surface area contributed by atoms with Crippen molar-refractivity contribution in [1.82, 2.24) is 0 Å². The molecule has 3 N–H and O–H groups in total. The van der Waals surface area contributed by atoms with Crippen LogP contribution in [0.5, 0.6) is 0 Å². The minimum atomic E-state index is 0.259. The number of hydrogen-bond acceptors (Lipinski definition) is 3. The smallest absolute Gasteiger partial charge is 0.0462 e. The molecule has 1 unspecified atom stereocenters. The van der Waals surface area contributed by atoms with E-state index in [1.807, 2.05) is 18.4 Å². The molecule has 84 valence electrons. The molecule has 0 radical (unpaired) electrons. The second-order valence-electron chi connectivity index (χ2n) is 3.74. The average molecular weight is 225 g/mol. The summed E-state index contributed by atoms with van der Waals surface area (Å²) >= 11 is 1.66. The van der Waals surface area contributed by atoms with E-state index in [1.165, 1.54) is 5.56 Å². The summed E-state index contributed by atoms with van der Waals surface area (Å²) in [7, 11) is 0. The van der Waals surface area contributed by atoms with Gasteiger partial charge in [0.15, 0.2) is 0 Å². The number of nitrogens with two attached hydrogens (primary N) is 1. The minimum Gasteiger partial charge on any atom is -0.398 e. The Bertz CT molecular complexity index is 310. The van der Waals surface area contributed by atoms with Crippen molar-refractivity contribution in [3.63, 3.8) is 0 Å². The molecule has 1 atom stereocenters. The van der Waals surface area contributed by atoms with E-state index in [2.05, 4.69) is 13.0 Å². The van der Waals surface area contributed by atoms with Crippen LogP contribution in [0.1, 0.15) is 18.9 Å². The quantitative estimate of drug-likeness (QED) is 0.598. The Hall–Kier alpha value is -0.670. The molecule has 0 heterocycles. The Balaban J connectivity index is 2.77. The molecule has 0 aromatic heterocycles. The standard InChI is InChI=1S/C12H19NOS/c1-3-9(8-14)6-10-4-5-11(13)12(7-10)15-2/h4-5,7,9,14H,3,6,8,13H2,1-2H3. The van der Waals surface area contributed by atoms with E-state index >= 15 is 0 Å². The highest BCUT2D eigenvalue weighted by molar-refractivity contribution is 7.98. The number of nitrogen functional groups attached to an aromatic ring is 1. The van der Waals surface area contributed by atoms with Crippen LogP contribution in [0.25, 0.3) is 0 Å². The topological polar surface area (TPSA) is 46.2 Å². The van der Waals surface area contributed by atoms with Crippen molar-refractivity contribution in [2.24, 2.45) is 5.92 Å². The van der Waals surface area contributed by atoms with Crippen molar-refractivity contribution in [3.05, 3.63) is 23.8 Å². The summed E-state index contributed by atoms with van der Waals surface area (Å²) in [5, 5.41) is 9.14. The zero-order valence-electron chi connectivity index (χ0n) is 9.36. The zero-order chi connectivity index (χ0) is 11.3. The van der Waals surface area contributed by atoms with Crippen molar-refractivity contribution in [1.29, 1.82) is 0 Å². The molecule has 0 aliphatic rings. The molecule has 1 aromatic rings. The summed E-state index contributed by atoms with van der Waals surface area (Å²) in [5.74, 6) is 0.364. The van der Waals surface area contributed by atoms with Crippen molar-refractivity contribution in [2.75, 3.05) is 18.6 Å². The lowest BCUT2D eigenvalue weighted by atomic mass is 9.98. The summed E-state index contributed by atoms with van der Waals surface area (Å²) in [6, 6.07) is 6.12. The highest BCUT2D eigenvalue weighted by Gasteiger charge is 2.07. The number of thioether (sulfide) groups is 1. The van der Waals surface area contributed by atoms with E-state index < -0.39 is 0 Å². The number of anilines is 1. The van der Waals surface area contributed by atoms with Gasteiger partial charge in [-0.15, -0.1) is 11.8 Å². The molecular weight excluding hydrogens is 206 g/mol. The van der Waals surface area contributed by atoms with Crippen LogP contribution in [0.4, 0.5) is 5.69 Å². The molecule has 0 saturated heterocycles. The van der Waals surface area contributed by atoms with E-state index in [9.17, 15) is 0 Å². The molecule has 0 aliphatic heterocycles.